The summed E-state index contributed by atoms with van der Waals surface area (Å²) in [6.07, 6.45) is -0.140. The topological polar surface area (TPSA) is 50.8 Å². The van der Waals surface area contributed by atoms with Crippen molar-refractivity contribution in [1.29, 1.82) is 0 Å². The van der Waals surface area contributed by atoms with E-state index in [2.05, 4.69) is 5.48 Å². The Bertz CT molecular complexity index is 648. The summed E-state index contributed by atoms with van der Waals surface area (Å²) in [5.74, 6) is 0. The highest BCUT2D eigenvalue weighted by atomic mass is 16.7. The number of nitrogens with one attached hydrogen (secondary N) is 1. The molecule has 2 unspecified atom stereocenters. The first-order valence-corrected chi connectivity index (χ1v) is 8.13. The van der Waals surface area contributed by atoms with E-state index < -0.39 is 0 Å². The van der Waals surface area contributed by atoms with Crippen LogP contribution in [0, 0.1) is 0 Å². The molecule has 24 heavy (non-hydrogen) atoms. The van der Waals surface area contributed by atoms with Crippen molar-refractivity contribution in [2.45, 2.75) is 25.7 Å². The molecule has 2 amide bonds. The lowest BCUT2D eigenvalue weighted by Gasteiger charge is -2.36. The van der Waals surface area contributed by atoms with E-state index in [-0.39, 0.29) is 18.2 Å². The van der Waals surface area contributed by atoms with Crippen LogP contribution in [0.1, 0.15) is 24.2 Å². The van der Waals surface area contributed by atoms with Gasteiger partial charge in [-0.3, -0.25) is 4.84 Å². The minimum Gasteiger partial charge on any atom is -0.367 e. The van der Waals surface area contributed by atoms with Gasteiger partial charge >= 0.3 is 6.03 Å². The Kier molecular flexibility index (Phi) is 5.46. The zero-order valence-electron chi connectivity index (χ0n) is 13.7. The van der Waals surface area contributed by atoms with Gasteiger partial charge in [0.25, 0.3) is 0 Å². The van der Waals surface area contributed by atoms with Gasteiger partial charge < -0.3 is 9.64 Å². The fraction of sp³-hybridized carbons (Fsp3) is 0.316. The number of carbonyl (C=O) groups excluding carboxylic acids is 1. The molecule has 5 nitrogen and oxygen atoms in total. The Balaban J connectivity index is 1.54. The Morgan fingerprint density at radius 3 is 2.50 bits per heavy atom. The van der Waals surface area contributed by atoms with Crippen molar-refractivity contribution in [3.63, 3.8) is 0 Å². The number of benzene rings is 2. The first kappa shape index (κ1) is 16.5. The first-order chi connectivity index (χ1) is 11.7. The lowest BCUT2D eigenvalue weighted by Crippen LogP contribution is -2.49. The molecule has 2 aromatic carbocycles. The van der Waals surface area contributed by atoms with Crippen LogP contribution in [-0.4, -0.2) is 30.1 Å². The van der Waals surface area contributed by atoms with Crippen molar-refractivity contribution in [2.24, 2.45) is 0 Å². The number of morpholine rings is 1. The maximum atomic E-state index is 12.3. The van der Waals surface area contributed by atoms with Crippen LogP contribution >= 0.6 is 0 Å². The number of hydroxylamine groups is 1. The summed E-state index contributed by atoms with van der Waals surface area (Å²) in [5.41, 5.74) is 4.61. The van der Waals surface area contributed by atoms with Gasteiger partial charge in [0.2, 0.25) is 0 Å². The second kappa shape index (κ2) is 7.95. The SMILES string of the molecule is CC1CN(C(=O)NOCc2ccccc2)CC(c2ccccc2)O1. The molecule has 1 aliphatic heterocycles. The van der Waals surface area contributed by atoms with E-state index in [0.717, 1.165) is 11.1 Å². The van der Waals surface area contributed by atoms with Gasteiger partial charge in [-0.2, -0.15) is 0 Å². The van der Waals surface area contributed by atoms with E-state index >= 15 is 0 Å². The van der Waals surface area contributed by atoms with Gasteiger partial charge in [-0.15, -0.1) is 0 Å². The average Bonchev–Trinajstić information content (AvgIpc) is 2.63. The molecular weight excluding hydrogens is 304 g/mol. The third-order valence-electron chi connectivity index (χ3n) is 3.96. The third-order valence-corrected chi connectivity index (χ3v) is 3.96. The summed E-state index contributed by atoms with van der Waals surface area (Å²) in [6, 6.07) is 19.5. The molecule has 5 heteroatoms. The van der Waals surface area contributed by atoms with E-state index in [1.54, 1.807) is 4.90 Å². The van der Waals surface area contributed by atoms with Crippen molar-refractivity contribution >= 4 is 6.03 Å². The van der Waals surface area contributed by atoms with Crippen LogP contribution in [0.4, 0.5) is 4.79 Å². The molecule has 1 fully saturated rings. The summed E-state index contributed by atoms with van der Waals surface area (Å²) in [6.45, 7) is 3.37. The van der Waals surface area contributed by atoms with Crippen molar-refractivity contribution in [3.8, 4) is 0 Å². The van der Waals surface area contributed by atoms with Crippen LogP contribution in [0.3, 0.4) is 0 Å². The molecule has 0 bridgehead atoms. The molecule has 126 valence electrons. The predicted octanol–water partition coefficient (Wildman–Crippen LogP) is 3.29. The summed E-state index contributed by atoms with van der Waals surface area (Å²) in [5, 5.41) is 0. The van der Waals surface area contributed by atoms with E-state index in [4.69, 9.17) is 9.57 Å². The normalized spacial score (nSPS) is 20.6. The number of amides is 2. The lowest BCUT2D eigenvalue weighted by molar-refractivity contribution is -0.0718. The molecule has 1 heterocycles. The van der Waals surface area contributed by atoms with E-state index in [1.807, 2.05) is 67.6 Å². The maximum absolute atomic E-state index is 12.3. The zero-order chi connectivity index (χ0) is 16.8. The Morgan fingerprint density at radius 1 is 1.12 bits per heavy atom. The third kappa shape index (κ3) is 4.34. The van der Waals surface area contributed by atoms with Crippen LogP contribution in [0.5, 0.6) is 0 Å². The van der Waals surface area contributed by atoms with Crippen LogP contribution in [0.15, 0.2) is 60.7 Å². The van der Waals surface area contributed by atoms with Crippen molar-refractivity contribution in [1.82, 2.24) is 10.4 Å². The molecule has 2 aromatic rings. The highest BCUT2D eigenvalue weighted by molar-refractivity contribution is 5.73. The minimum absolute atomic E-state index is 0.0242. The Hall–Kier alpha value is -2.37. The second-order valence-electron chi connectivity index (χ2n) is 5.93. The quantitative estimate of drug-likeness (QED) is 0.877. The van der Waals surface area contributed by atoms with Gasteiger partial charge in [0.15, 0.2) is 0 Å². The Labute approximate surface area is 142 Å². The molecule has 2 atom stereocenters. The van der Waals surface area contributed by atoms with E-state index in [9.17, 15) is 4.79 Å². The molecule has 3 rings (SSSR count). The number of hydrogen-bond acceptors (Lipinski definition) is 3. The molecule has 1 aliphatic rings. The predicted molar refractivity (Wildman–Crippen MR) is 91.1 cm³/mol. The van der Waals surface area contributed by atoms with Gasteiger partial charge in [-0.25, -0.2) is 10.3 Å². The monoisotopic (exact) mass is 326 g/mol. The molecule has 0 radical (unpaired) electrons. The Morgan fingerprint density at radius 2 is 1.79 bits per heavy atom. The largest absolute Gasteiger partial charge is 0.367 e. The van der Waals surface area contributed by atoms with Gasteiger partial charge in [0, 0.05) is 6.54 Å². The van der Waals surface area contributed by atoms with Gasteiger partial charge in [-0.1, -0.05) is 60.7 Å². The smallest absolute Gasteiger partial charge is 0.341 e. The summed E-state index contributed by atoms with van der Waals surface area (Å²) >= 11 is 0. The highest BCUT2D eigenvalue weighted by Gasteiger charge is 2.29. The van der Waals surface area contributed by atoms with Crippen LogP contribution < -0.4 is 5.48 Å². The van der Waals surface area contributed by atoms with E-state index in [0.29, 0.717) is 19.7 Å². The van der Waals surface area contributed by atoms with E-state index in [1.165, 1.54) is 0 Å². The summed E-state index contributed by atoms with van der Waals surface area (Å²) < 4.78 is 5.96. The van der Waals surface area contributed by atoms with Crippen LogP contribution in [0.2, 0.25) is 0 Å². The van der Waals surface area contributed by atoms with Gasteiger partial charge in [0.1, 0.15) is 6.10 Å². The lowest BCUT2D eigenvalue weighted by atomic mass is 10.1. The fourth-order valence-corrected chi connectivity index (χ4v) is 2.79. The van der Waals surface area contributed by atoms with Crippen molar-refractivity contribution in [3.05, 3.63) is 71.8 Å². The summed E-state index contributed by atoms with van der Waals surface area (Å²) in [4.78, 5) is 19.4. The molecule has 0 spiro atoms. The highest BCUT2D eigenvalue weighted by Crippen LogP contribution is 2.24. The van der Waals surface area contributed by atoms with Crippen LogP contribution in [-0.2, 0) is 16.2 Å². The fourth-order valence-electron chi connectivity index (χ4n) is 2.79. The molecular formula is C19H22N2O3. The number of ether oxygens (including phenoxy) is 1. The second-order valence-corrected chi connectivity index (χ2v) is 5.93. The standard InChI is InChI=1S/C19H22N2O3/c1-15-12-21(13-18(24-15)17-10-6-3-7-11-17)19(22)20-23-14-16-8-4-2-5-9-16/h2-11,15,18H,12-14H2,1H3,(H,20,22). The molecule has 1 saturated heterocycles. The molecule has 0 aromatic heterocycles. The van der Waals surface area contributed by atoms with Crippen molar-refractivity contribution < 1.29 is 14.4 Å². The molecule has 1 N–H and O–H groups in total. The van der Waals surface area contributed by atoms with Gasteiger partial charge in [-0.05, 0) is 18.1 Å². The molecule has 0 saturated carbocycles. The summed E-state index contributed by atoms with van der Waals surface area (Å²) in [7, 11) is 0. The number of nitrogens with zero attached hydrogens (tertiary/aromatic N) is 1. The maximum Gasteiger partial charge on any atom is 0.341 e. The number of urea groups is 1. The van der Waals surface area contributed by atoms with Crippen LogP contribution in [0.25, 0.3) is 0 Å². The zero-order valence-corrected chi connectivity index (χ0v) is 13.7. The molecule has 0 aliphatic carbocycles. The average molecular weight is 326 g/mol. The minimum atomic E-state index is -0.234. The first-order valence-electron chi connectivity index (χ1n) is 8.13. The number of hydrogen-bond donors (Lipinski definition) is 1. The number of carbonyl (C=O) groups is 1. The van der Waals surface area contributed by atoms with Crippen molar-refractivity contribution in [2.75, 3.05) is 13.1 Å². The number of rotatable bonds is 4. The van der Waals surface area contributed by atoms with Gasteiger partial charge in [0.05, 0.1) is 19.3 Å².